The van der Waals surface area contributed by atoms with Gasteiger partial charge in [0.1, 0.15) is 0 Å². The van der Waals surface area contributed by atoms with E-state index < -0.39 is 0 Å². The number of H-pyrrole nitrogens is 1. The van der Waals surface area contributed by atoms with Gasteiger partial charge in [0.2, 0.25) is 0 Å². The Morgan fingerprint density at radius 1 is 1.90 bits per heavy atom. The number of nitrogens with one attached hydrogen (secondary N) is 2. The van der Waals surface area contributed by atoms with E-state index >= 15 is 0 Å². The predicted octanol–water partition coefficient (Wildman–Crippen LogP) is 0.290. The van der Waals surface area contributed by atoms with Crippen LogP contribution in [0.2, 0.25) is 0 Å². The first-order valence-electron chi connectivity index (χ1n) is 2.94. The molecule has 4 nitrogen and oxygen atoms in total. The maximum absolute atomic E-state index is 8.58. The van der Waals surface area contributed by atoms with Gasteiger partial charge in [-0.05, 0) is 6.92 Å². The van der Waals surface area contributed by atoms with Crippen LogP contribution in [-0.4, -0.2) is 20.8 Å². The van der Waals surface area contributed by atoms with Gasteiger partial charge in [-0.2, -0.15) is 0 Å². The van der Waals surface area contributed by atoms with Crippen molar-refractivity contribution in [3.05, 3.63) is 17.7 Å². The second-order valence-corrected chi connectivity index (χ2v) is 2.02. The Hall–Kier alpha value is -1.16. The molecule has 1 aromatic heterocycles. The minimum Gasteiger partial charge on any atom is -0.390 e. The van der Waals surface area contributed by atoms with Crippen LogP contribution in [0.1, 0.15) is 18.4 Å². The highest BCUT2D eigenvalue weighted by Gasteiger charge is 1.99. The van der Waals surface area contributed by atoms with Crippen molar-refractivity contribution < 1.29 is 5.11 Å². The molecule has 0 spiro atoms. The average Bonchev–Trinajstić information content (AvgIpc) is 2.34. The highest BCUT2D eigenvalue weighted by atomic mass is 16.3. The zero-order valence-corrected chi connectivity index (χ0v) is 5.68. The smallest absolute Gasteiger partial charge is 0.151 e. The highest BCUT2D eigenvalue weighted by molar-refractivity contribution is 5.92. The predicted molar refractivity (Wildman–Crippen MR) is 37.0 cm³/mol. The van der Waals surface area contributed by atoms with Gasteiger partial charge >= 0.3 is 0 Å². The molecular weight excluding hydrogens is 130 g/mol. The molecule has 4 heteroatoms. The van der Waals surface area contributed by atoms with Gasteiger partial charge in [-0.3, -0.25) is 0 Å². The van der Waals surface area contributed by atoms with Crippen molar-refractivity contribution >= 4 is 5.71 Å². The lowest BCUT2D eigenvalue weighted by Crippen LogP contribution is -1.94. The molecule has 0 aromatic carbocycles. The van der Waals surface area contributed by atoms with Crippen LogP contribution in [0, 0.1) is 5.41 Å². The van der Waals surface area contributed by atoms with Crippen LogP contribution < -0.4 is 0 Å². The van der Waals surface area contributed by atoms with Gasteiger partial charge in [0.05, 0.1) is 18.0 Å². The van der Waals surface area contributed by atoms with Gasteiger partial charge in [-0.15, -0.1) is 0 Å². The van der Waals surface area contributed by atoms with Gasteiger partial charge in [0.25, 0.3) is 0 Å². The summed E-state index contributed by atoms with van der Waals surface area (Å²) in [6.45, 7) is 1.56. The Balaban J connectivity index is 2.88. The molecule has 0 bridgehead atoms. The lowest BCUT2D eigenvalue weighted by Gasteiger charge is -1.86. The average molecular weight is 139 g/mol. The molecule has 0 unspecified atom stereocenters. The van der Waals surface area contributed by atoms with Crippen molar-refractivity contribution in [1.82, 2.24) is 9.97 Å². The first kappa shape index (κ1) is 6.95. The van der Waals surface area contributed by atoms with E-state index in [9.17, 15) is 0 Å². The fraction of sp³-hybridized carbons (Fsp3) is 0.333. The summed E-state index contributed by atoms with van der Waals surface area (Å²) in [5, 5.41) is 15.7. The second-order valence-electron chi connectivity index (χ2n) is 2.02. The van der Waals surface area contributed by atoms with Crippen molar-refractivity contribution in [3.63, 3.8) is 0 Å². The fourth-order valence-electron chi connectivity index (χ4n) is 0.633. The zero-order chi connectivity index (χ0) is 7.56. The maximum atomic E-state index is 8.58. The largest absolute Gasteiger partial charge is 0.390 e. The van der Waals surface area contributed by atoms with E-state index in [1.54, 1.807) is 13.1 Å². The highest BCUT2D eigenvalue weighted by Crippen LogP contribution is 1.96. The van der Waals surface area contributed by atoms with Crippen LogP contribution in [0.15, 0.2) is 6.20 Å². The summed E-state index contributed by atoms with van der Waals surface area (Å²) in [5.74, 6) is 0.518. The maximum Gasteiger partial charge on any atom is 0.151 e. The summed E-state index contributed by atoms with van der Waals surface area (Å²) >= 11 is 0. The molecule has 0 aliphatic carbocycles. The molecule has 0 aliphatic heterocycles. The number of aromatic amines is 1. The SMILES string of the molecule is CC(=N)c1nc(CO)c[nH]1. The van der Waals surface area contributed by atoms with Gasteiger partial charge in [-0.1, -0.05) is 0 Å². The Morgan fingerprint density at radius 3 is 2.90 bits per heavy atom. The first-order valence-corrected chi connectivity index (χ1v) is 2.94. The standard InChI is InChI=1S/C6H9N3O/c1-4(7)6-8-2-5(3-10)9-6/h2,7,10H,3H2,1H3,(H,8,9). The third-order valence-corrected chi connectivity index (χ3v) is 1.15. The number of hydrogen-bond donors (Lipinski definition) is 3. The number of aromatic nitrogens is 2. The number of nitrogens with zero attached hydrogens (tertiary/aromatic N) is 1. The fourth-order valence-corrected chi connectivity index (χ4v) is 0.633. The van der Waals surface area contributed by atoms with Crippen molar-refractivity contribution in [3.8, 4) is 0 Å². The third kappa shape index (κ3) is 1.22. The van der Waals surface area contributed by atoms with E-state index in [0.717, 1.165) is 0 Å². The zero-order valence-electron chi connectivity index (χ0n) is 5.68. The van der Waals surface area contributed by atoms with Crippen LogP contribution in [0.5, 0.6) is 0 Å². The van der Waals surface area contributed by atoms with E-state index in [-0.39, 0.29) is 6.61 Å². The number of imidazole rings is 1. The molecule has 0 radical (unpaired) electrons. The van der Waals surface area contributed by atoms with E-state index in [1.807, 2.05) is 0 Å². The van der Waals surface area contributed by atoms with Crippen LogP contribution in [0.4, 0.5) is 0 Å². The van der Waals surface area contributed by atoms with Gasteiger partial charge in [-0.25, -0.2) is 4.98 Å². The van der Waals surface area contributed by atoms with Gasteiger partial charge < -0.3 is 15.5 Å². The van der Waals surface area contributed by atoms with Crippen molar-refractivity contribution in [2.24, 2.45) is 0 Å². The van der Waals surface area contributed by atoms with Gasteiger partial charge in [0, 0.05) is 6.20 Å². The molecule has 0 saturated heterocycles. The normalized spacial score (nSPS) is 9.80. The Morgan fingerprint density at radius 2 is 2.60 bits per heavy atom. The molecule has 10 heavy (non-hydrogen) atoms. The molecule has 1 aromatic rings. The molecule has 1 heterocycles. The molecule has 0 amide bonds. The lowest BCUT2D eigenvalue weighted by molar-refractivity contribution is 0.277. The monoisotopic (exact) mass is 139 g/mol. The van der Waals surface area contributed by atoms with Crippen LogP contribution in [0.25, 0.3) is 0 Å². The quantitative estimate of drug-likeness (QED) is 0.515. The van der Waals surface area contributed by atoms with Crippen LogP contribution >= 0.6 is 0 Å². The topological polar surface area (TPSA) is 72.8 Å². The molecule has 0 aliphatic rings. The van der Waals surface area contributed by atoms with Crippen LogP contribution in [0.3, 0.4) is 0 Å². The first-order chi connectivity index (χ1) is 4.74. The molecule has 3 N–H and O–H groups in total. The van der Waals surface area contributed by atoms with E-state index in [0.29, 0.717) is 17.2 Å². The summed E-state index contributed by atoms with van der Waals surface area (Å²) in [6, 6.07) is 0. The van der Waals surface area contributed by atoms with Crippen molar-refractivity contribution in [2.45, 2.75) is 13.5 Å². The van der Waals surface area contributed by atoms with E-state index in [2.05, 4.69) is 9.97 Å². The molecule has 0 fully saturated rings. The summed E-state index contributed by atoms with van der Waals surface area (Å²) in [5.41, 5.74) is 0.946. The molecular formula is C6H9N3O. The van der Waals surface area contributed by atoms with Gasteiger partial charge in [0.15, 0.2) is 5.82 Å². The summed E-state index contributed by atoms with van der Waals surface area (Å²) in [6.07, 6.45) is 1.59. The second kappa shape index (κ2) is 2.62. The van der Waals surface area contributed by atoms with Crippen LogP contribution in [-0.2, 0) is 6.61 Å². The summed E-state index contributed by atoms with van der Waals surface area (Å²) in [7, 11) is 0. The number of aliphatic hydroxyl groups excluding tert-OH is 1. The minimum atomic E-state index is -0.0796. The lowest BCUT2D eigenvalue weighted by atomic mass is 10.4. The number of rotatable bonds is 2. The summed E-state index contributed by atoms with van der Waals surface area (Å²) in [4.78, 5) is 6.66. The van der Waals surface area contributed by atoms with E-state index in [4.69, 9.17) is 10.5 Å². The minimum absolute atomic E-state index is 0.0796. The molecule has 0 atom stereocenters. The Labute approximate surface area is 58.4 Å². The Kier molecular flexibility index (Phi) is 1.82. The van der Waals surface area contributed by atoms with E-state index in [1.165, 1.54) is 0 Å². The number of aliphatic hydroxyl groups is 1. The summed E-state index contributed by atoms with van der Waals surface area (Å²) < 4.78 is 0. The Bertz CT molecular complexity index is 241. The molecule has 1 rings (SSSR count). The third-order valence-electron chi connectivity index (χ3n) is 1.15. The van der Waals surface area contributed by atoms with Crippen molar-refractivity contribution in [2.75, 3.05) is 0 Å². The molecule has 0 saturated carbocycles. The van der Waals surface area contributed by atoms with Crippen molar-refractivity contribution in [1.29, 1.82) is 5.41 Å². The molecule has 54 valence electrons. The number of hydrogen-bond acceptors (Lipinski definition) is 3.